The molecule has 0 saturated carbocycles. The van der Waals surface area contributed by atoms with Gasteiger partial charge in [0.2, 0.25) is 0 Å². The van der Waals surface area contributed by atoms with E-state index in [1.807, 2.05) is 54.6 Å². The van der Waals surface area contributed by atoms with Crippen molar-refractivity contribution in [1.29, 1.82) is 0 Å². The van der Waals surface area contributed by atoms with Crippen molar-refractivity contribution in [3.63, 3.8) is 0 Å². The zero-order valence-electron chi connectivity index (χ0n) is 17.0. The molecule has 3 aromatic rings. The second-order valence-corrected chi connectivity index (χ2v) is 6.43. The Morgan fingerprint density at radius 3 is 2.60 bits per heavy atom. The average molecular weight is 519 g/mol. The minimum Gasteiger partial charge on any atom is -0.356 e. The second-order valence-electron chi connectivity index (χ2n) is 6.43. The van der Waals surface area contributed by atoms with E-state index in [-0.39, 0.29) is 29.9 Å². The van der Waals surface area contributed by atoms with Gasteiger partial charge in [-0.05, 0) is 24.1 Å². The van der Waals surface area contributed by atoms with Crippen molar-refractivity contribution in [2.75, 3.05) is 20.6 Å². The lowest BCUT2D eigenvalue weighted by molar-refractivity contribution is 0.0963. The van der Waals surface area contributed by atoms with Crippen molar-refractivity contribution >= 4 is 35.8 Å². The molecule has 0 unspecified atom stereocenters. The van der Waals surface area contributed by atoms with Gasteiger partial charge in [0, 0.05) is 37.8 Å². The standard InChI is InChI=1S/C22H25N5O2.HI/c1-23-21(28)18-10-6-7-16(13-18)11-12-25-22(24-2)26-15-19-14-20(29-27-19)17-8-4-3-5-9-17;/h3-10,13-14H,11-12,15H2,1-2H3,(H,23,28)(H2,24,25,26);1H. The van der Waals surface area contributed by atoms with Gasteiger partial charge in [0.05, 0.1) is 6.54 Å². The lowest BCUT2D eigenvalue weighted by Crippen LogP contribution is -2.37. The molecule has 30 heavy (non-hydrogen) atoms. The number of benzene rings is 2. The monoisotopic (exact) mass is 519 g/mol. The zero-order valence-corrected chi connectivity index (χ0v) is 19.3. The van der Waals surface area contributed by atoms with E-state index in [1.54, 1.807) is 20.2 Å². The smallest absolute Gasteiger partial charge is 0.251 e. The molecule has 0 fully saturated rings. The minimum atomic E-state index is -0.0835. The first-order valence-corrected chi connectivity index (χ1v) is 9.46. The molecular formula is C22H26IN5O2. The Morgan fingerprint density at radius 1 is 1.07 bits per heavy atom. The lowest BCUT2D eigenvalue weighted by atomic mass is 10.1. The number of nitrogens with one attached hydrogen (secondary N) is 3. The van der Waals surface area contributed by atoms with Crippen LogP contribution in [0.25, 0.3) is 11.3 Å². The summed E-state index contributed by atoms with van der Waals surface area (Å²) in [6, 6.07) is 19.4. The summed E-state index contributed by atoms with van der Waals surface area (Å²) < 4.78 is 5.41. The number of guanidine groups is 1. The Balaban J connectivity index is 0.00000320. The molecule has 0 spiro atoms. The molecule has 0 aliphatic carbocycles. The van der Waals surface area contributed by atoms with Crippen LogP contribution < -0.4 is 16.0 Å². The summed E-state index contributed by atoms with van der Waals surface area (Å²) in [5.41, 5.74) is 3.53. The maximum atomic E-state index is 11.7. The van der Waals surface area contributed by atoms with E-state index < -0.39 is 0 Å². The molecule has 7 nitrogen and oxygen atoms in total. The van der Waals surface area contributed by atoms with Crippen LogP contribution in [0.4, 0.5) is 0 Å². The number of aromatic nitrogens is 1. The first-order chi connectivity index (χ1) is 14.2. The van der Waals surface area contributed by atoms with Crippen LogP contribution in [0.1, 0.15) is 21.6 Å². The quantitative estimate of drug-likeness (QED) is 0.253. The van der Waals surface area contributed by atoms with Gasteiger partial charge in [-0.25, -0.2) is 0 Å². The summed E-state index contributed by atoms with van der Waals surface area (Å²) >= 11 is 0. The molecule has 0 atom stereocenters. The predicted octanol–water partition coefficient (Wildman–Crippen LogP) is 3.23. The van der Waals surface area contributed by atoms with Crippen LogP contribution in [0.2, 0.25) is 0 Å². The largest absolute Gasteiger partial charge is 0.356 e. The fraction of sp³-hybridized carbons (Fsp3) is 0.227. The third-order valence-electron chi connectivity index (χ3n) is 4.40. The first kappa shape index (κ1) is 23.4. The maximum Gasteiger partial charge on any atom is 0.251 e. The van der Waals surface area contributed by atoms with E-state index in [0.717, 1.165) is 29.0 Å². The second kappa shape index (κ2) is 12.0. The molecular weight excluding hydrogens is 493 g/mol. The number of amides is 1. The molecule has 3 rings (SSSR count). The molecule has 8 heteroatoms. The zero-order chi connectivity index (χ0) is 20.5. The summed E-state index contributed by atoms with van der Waals surface area (Å²) in [6.07, 6.45) is 0.771. The normalized spacial score (nSPS) is 10.8. The van der Waals surface area contributed by atoms with Crippen LogP contribution in [-0.4, -0.2) is 37.7 Å². The molecule has 0 saturated heterocycles. The van der Waals surface area contributed by atoms with Crippen LogP contribution in [0.5, 0.6) is 0 Å². The molecule has 0 aliphatic heterocycles. The van der Waals surface area contributed by atoms with Gasteiger partial charge in [-0.15, -0.1) is 24.0 Å². The summed E-state index contributed by atoms with van der Waals surface area (Å²) in [7, 11) is 3.35. The number of hydrogen-bond acceptors (Lipinski definition) is 4. The molecule has 1 aromatic heterocycles. The average Bonchev–Trinajstić information content (AvgIpc) is 3.25. The fourth-order valence-corrected chi connectivity index (χ4v) is 2.87. The van der Waals surface area contributed by atoms with E-state index in [9.17, 15) is 4.79 Å². The van der Waals surface area contributed by atoms with Crippen LogP contribution in [0, 0.1) is 0 Å². The molecule has 2 aromatic carbocycles. The van der Waals surface area contributed by atoms with Gasteiger partial charge in [-0.3, -0.25) is 9.79 Å². The Hall–Kier alpha value is -2.88. The predicted molar refractivity (Wildman–Crippen MR) is 129 cm³/mol. The molecule has 1 heterocycles. The maximum absolute atomic E-state index is 11.7. The van der Waals surface area contributed by atoms with E-state index in [2.05, 4.69) is 26.1 Å². The van der Waals surface area contributed by atoms with Gasteiger partial charge >= 0.3 is 0 Å². The van der Waals surface area contributed by atoms with Crippen LogP contribution >= 0.6 is 24.0 Å². The Morgan fingerprint density at radius 2 is 1.87 bits per heavy atom. The number of carbonyl (C=O) groups excluding carboxylic acids is 1. The van der Waals surface area contributed by atoms with Gasteiger partial charge in [0.1, 0.15) is 5.69 Å². The highest BCUT2D eigenvalue weighted by molar-refractivity contribution is 14.0. The minimum absolute atomic E-state index is 0. The number of carbonyl (C=O) groups is 1. The molecule has 1 amide bonds. The Labute approximate surface area is 193 Å². The summed E-state index contributed by atoms with van der Waals surface area (Å²) in [5, 5.41) is 13.2. The van der Waals surface area contributed by atoms with Crippen LogP contribution in [-0.2, 0) is 13.0 Å². The highest BCUT2D eigenvalue weighted by Gasteiger charge is 2.07. The Kier molecular flexibility index (Phi) is 9.33. The van der Waals surface area contributed by atoms with Crippen molar-refractivity contribution in [3.05, 3.63) is 77.5 Å². The van der Waals surface area contributed by atoms with Crippen molar-refractivity contribution in [2.24, 2.45) is 4.99 Å². The third-order valence-corrected chi connectivity index (χ3v) is 4.40. The molecule has 158 valence electrons. The van der Waals surface area contributed by atoms with Crippen molar-refractivity contribution < 1.29 is 9.32 Å². The SMILES string of the molecule is CN=C(NCCc1cccc(C(=O)NC)c1)NCc1cc(-c2ccccc2)on1.I. The van der Waals surface area contributed by atoms with E-state index >= 15 is 0 Å². The number of rotatable bonds is 7. The highest BCUT2D eigenvalue weighted by atomic mass is 127. The first-order valence-electron chi connectivity index (χ1n) is 9.46. The van der Waals surface area contributed by atoms with Crippen molar-refractivity contribution in [2.45, 2.75) is 13.0 Å². The van der Waals surface area contributed by atoms with Crippen molar-refractivity contribution in [3.8, 4) is 11.3 Å². The van der Waals surface area contributed by atoms with Gasteiger partial charge < -0.3 is 20.5 Å². The summed E-state index contributed by atoms with van der Waals surface area (Å²) in [5.74, 6) is 1.33. The molecule has 3 N–H and O–H groups in total. The molecule has 0 aliphatic rings. The van der Waals surface area contributed by atoms with Gasteiger partial charge in [-0.2, -0.15) is 0 Å². The molecule has 0 bridgehead atoms. The number of halogens is 1. The van der Waals surface area contributed by atoms with Crippen LogP contribution in [0.15, 0.2) is 70.2 Å². The third kappa shape index (κ3) is 6.58. The van der Waals surface area contributed by atoms with E-state index in [1.165, 1.54) is 0 Å². The van der Waals surface area contributed by atoms with Crippen molar-refractivity contribution in [1.82, 2.24) is 21.1 Å². The van der Waals surface area contributed by atoms with E-state index in [0.29, 0.717) is 24.6 Å². The van der Waals surface area contributed by atoms with E-state index in [4.69, 9.17) is 4.52 Å². The molecule has 0 radical (unpaired) electrons. The lowest BCUT2D eigenvalue weighted by Gasteiger charge is -2.11. The fourth-order valence-electron chi connectivity index (χ4n) is 2.87. The van der Waals surface area contributed by atoms with Gasteiger partial charge in [-0.1, -0.05) is 47.6 Å². The van der Waals surface area contributed by atoms with Gasteiger partial charge in [0.25, 0.3) is 5.91 Å². The summed E-state index contributed by atoms with van der Waals surface area (Å²) in [4.78, 5) is 16.0. The number of hydrogen-bond donors (Lipinski definition) is 3. The summed E-state index contributed by atoms with van der Waals surface area (Å²) in [6.45, 7) is 1.19. The van der Waals surface area contributed by atoms with Gasteiger partial charge in [0.15, 0.2) is 11.7 Å². The topological polar surface area (TPSA) is 91.5 Å². The Bertz CT molecular complexity index is 972. The van der Waals surface area contributed by atoms with Crippen LogP contribution in [0.3, 0.4) is 0 Å². The number of aliphatic imine (C=N–C) groups is 1. The number of nitrogens with zero attached hydrogens (tertiary/aromatic N) is 2. The highest BCUT2D eigenvalue weighted by Crippen LogP contribution is 2.19.